The second-order valence-electron chi connectivity index (χ2n) is 3.31. The minimum absolute atomic E-state index is 0.0269. The molecule has 1 aromatic heterocycles. The van der Waals surface area contributed by atoms with Gasteiger partial charge in [-0.2, -0.15) is 0 Å². The van der Waals surface area contributed by atoms with Crippen molar-refractivity contribution < 1.29 is 19.6 Å². The molecule has 7 nitrogen and oxygen atoms in total. The fourth-order valence-corrected chi connectivity index (χ4v) is 1.32. The lowest BCUT2D eigenvalue weighted by molar-refractivity contribution is -0.499. The van der Waals surface area contributed by atoms with Crippen molar-refractivity contribution in [3.8, 4) is 0 Å². The van der Waals surface area contributed by atoms with E-state index in [-0.39, 0.29) is 12.2 Å². The number of carbonyl (C=O) groups excluding carboxylic acids is 1. The molecule has 0 radical (unpaired) electrons. The van der Waals surface area contributed by atoms with Crippen LogP contribution < -0.4 is 0 Å². The molecule has 0 bridgehead atoms. The second kappa shape index (κ2) is 5.35. The van der Waals surface area contributed by atoms with Crippen LogP contribution in [0, 0.1) is 10.1 Å². The Balaban J connectivity index is 3.10. The first kappa shape index (κ1) is 13.0. The van der Waals surface area contributed by atoms with E-state index in [1.165, 1.54) is 24.5 Å². The number of nitrogens with zero attached hydrogens (tertiary/aromatic N) is 2. The van der Waals surface area contributed by atoms with Crippen LogP contribution in [-0.2, 0) is 15.1 Å². The maximum absolute atomic E-state index is 11.6. The summed E-state index contributed by atoms with van der Waals surface area (Å²) in [5.74, 6) is -1.05. The molecule has 0 aliphatic carbocycles. The van der Waals surface area contributed by atoms with Crippen LogP contribution in [0.25, 0.3) is 0 Å². The summed E-state index contributed by atoms with van der Waals surface area (Å²) in [6.45, 7) is 0.615. The molecule has 1 heterocycles. The van der Waals surface area contributed by atoms with E-state index in [0.717, 1.165) is 0 Å². The number of hydrogen-bond donors (Lipinski definition) is 1. The highest BCUT2D eigenvalue weighted by Crippen LogP contribution is 2.22. The Hall–Kier alpha value is -2.02. The number of pyridine rings is 1. The number of carbonyl (C=O) groups is 1. The lowest BCUT2D eigenvalue weighted by Crippen LogP contribution is -2.43. The minimum Gasteiger partial charge on any atom is -0.463 e. The standard InChI is InChI=1S/C10H12N2O5/c1-2-17-9(13)10(14,7-12(15)16)8-4-3-5-11-6-8/h3-6,14H,2,7H2,1H3. The average molecular weight is 240 g/mol. The second-order valence-corrected chi connectivity index (χ2v) is 3.31. The fourth-order valence-electron chi connectivity index (χ4n) is 1.32. The van der Waals surface area contributed by atoms with E-state index < -0.39 is 23.0 Å². The van der Waals surface area contributed by atoms with Gasteiger partial charge in [-0.15, -0.1) is 0 Å². The molecule has 0 saturated carbocycles. The van der Waals surface area contributed by atoms with E-state index in [0.29, 0.717) is 0 Å². The van der Waals surface area contributed by atoms with Crippen molar-refractivity contribution in [3.05, 3.63) is 40.2 Å². The molecule has 0 aliphatic rings. The van der Waals surface area contributed by atoms with Crippen LogP contribution >= 0.6 is 0 Å². The van der Waals surface area contributed by atoms with Crippen LogP contribution in [0.3, 0.4) is 0 Å². The van der Waals surface area contributed by atoms with Crippen molar-refractivity contribution in [2.75, 3.05) is 13.2 Å². The highest BCUT2D eigenvalue weighted by atomic mass is 16.6. The molecule has 0 aromatic carbocycles. The van der Waals surface area contributed by atoms with Crippen LogP contribution in [0.15, 0.2) is 24.5 Å². The molecular weight excluding hydrogens is 228 g/mol. The summed E-state index contributed by atoms with van der Waals surface area (Å²) < 4.78 is 4.64. The van der Waals surface area contributed by atoms with Gasteiger partial charge in [0.05, 0.1) is 6.61 Å². The SMILES string of the molecule is CCOC(=O)C(O)(C[N+](=O)[O-])c1cccnc1. The van der Waals surface area contributed by atoms with Crippen LogP contribution in [0.5, 0.6) is 0 Å². The molecule has 0 amide bonds. The smallest absolute Gasteiger partial charge is 0.349 e. The first-order valence-electron chi connectivity index (χ1n) is 4.92. The van der Waals surface area contributed by atoms with Crippen LogP contribution in [0.1, 0.15) is 12.5 Å². The molecule has 1 unspecified atom stereocenters. The molecule has 1 N–H and O–H groups in total. The van der Waals surface area contributed by atoms with Gasteiger partial charge in [-0.25, -0.2) is 4.79 Å². The van der Waals surface area contributed by atoms with Gasteiger partial charge in [-0.05, 0) is 13.0 Å². The van der Waals surface area contributed by atoms with Crippen LogP contribution in [0.4, 0.5) is 0 Å². The van der Waals surface area contributed by atoms with Gasteiger partial charge in [0, 0.05) is 22.9 Å². The molecule has 7 heteroatoms. The third-order valence-corrected chi connectivity index (χ3v) is 2.11. The number of aliphatic hydroxyl groups is 1. The number of nitro groups is 1. The number of esters is 1. The van der Waals surface area contributed by atoms with Gasteiger partial charge in [0.25, 0.3) is 5.60 Å². The van der Waals surface area contributed by atoms with Crippen molar-refractivity contribution in [2.45, 2.75) is 12.5 Å². The number of hydrogen-bond acceptors (Lipinski definition) is 6. The van der Waals surface area contributed by atoms with Gasteiger partial charge in [-0.1, -0.05) is 6.07 Å². The van der Waals surface area contributed by atoms with Crippen molar-refractivity contribution in [2.24, 2.45) is 0 Å². The maximum atomic E-state index is 11.6. The molecule has 0 saturated heterocycles. The van der Waals surface area contributed by atoms with E-state index in [4.69, 9.17) is 0 Å². The molecule has 92 valence electrons. The van der Waals surface area contributed by atoms with Crippen molar-refractivity contribution in [1.82, 2.24) is 4.98 Å². The Labute approximate surface area is 97.2 Å². The molecular formula is C10H12N2O5. The maximum Gasteiger partial charge on any atom is 0.349 e. The van der Waals surface area contributed by atoms with E-state index in [1.807, 2.05) is 0 Å². The van der Waals surface area contributed by atoms with Crippen molar-refractivity contribution >= 4 is 5.97 Å². The van der Waals surface area contributed by atoms with Gasteiger partial charge in [0.15, 0.2) is 0 Å². The Morgan fingerprint density at radius 3 is 2.88 bits per heavy atom. The summed E-state index contributed by atoms with van der Waals surface area (Å²) in [6, 6.07) is 2.85. The van der Waals surface area contributed by atoms with Crippen LogP contribution in [-0.4, -0.2) is 34.1 Å². The summed E-state index contributed by atoms with van der Waals surface area (Å²) in [7, 11) is 0. The van der Waals surface area contributed by atoms with E-state index in [9.17, 15) is 20.0 Å². The van der Waals surface area contributed by atoms with E-state index in [2.05, 4.69) is 9.72 Å². The first-order valence-corrected chi connectivity index (χ1v) is 4.92. The molecule has 1 atom stereocenters. The molecule has 0 spiro atoms. The Bertz CT molecular complexity index is 408. The highest BCUT2D eigenvalue weighted by molar-refractivity contribution is 5.81. The largest absolute Gasteiger partial charge is 0.463 e. The minimum atomic E-state index is -2.30. The first-order chi connectivity index (χ1) is 8.00. The quantitative estimate of drug-likeness (QED) is 0.445. The van der Waals surface area contributed by atoms with Gasteiger partial charge in [0.2, 0.25) is 6.54 Å². The number of aromatic nitrogens is 1. The zero-order valence-electron chi connectivity index (χ0n) is 9.20. The van der Waals surface area contributed by atoms with Crippen molar-refractivity contribution in [3.63, 3.8) is 0 Å². The van der Waals surface area contributed by atoms with Gasteiger partial charge >= 0.3 is 5.97 Å². The zero-order chi connectivity index (χ0) is 12.9. The predicted molar refractivity (Wildman–Crippen MR) is 56.6 cm³/mol. The monoisotopic (exact) mass is 240 g/mol. The van der Waals surface area contributed by atoms with E-state index >= 15 is 0 Å². The third-order valence-electron chi connectivity index (χ3n) is 2.11. The lowest BCUT2D eigenvalue weighted by atomic mass is 9.95. The fraction of sp³-hybridized carbons (Fsp3) is 0.400. The Morgan fingerprint density at radius 2 is 2.41 bits per heavy atom. The summed E-state index contributed by atoms with van der Waals surface area (Å²) in [6.07, 6.45) is 2.63. The van der Waals surface area contributed by atoms with Gasteiger partial charge in [0.1, 0.15) is 0 Å². The molecule has 0 aliphatic heterocycles. The summed E-state index contributed by atoms with van der Waals surface area (Å²) >= 11 is 0. The van der Waals surface area contributed by atoms with Crippen molar-refractivity contribution in [1.29, 1.82) is 0 Å². The average Bonchev–Trinajstić information content (AvgIpc) is 2.29. The molecule has 1 aromatic rings. The van der Waals surface area contributed by atoms with Gasteiger partial charge < -0.3 is 9.84 Å². The van der Waals surface area contributed by atoms with Gasteiger partial charge in [-0.3, -0.25) is 15.1 Å². The Morgan fingerprint density at radius 1 is 1.71 bits per heavy atom. The highest BCUT2D eigenvalue weighted by Gasteiger charge is 2.45. The normalized spacial score (nSPS) is 13.8. The number of rotatable bonds is 5. The van der Waals surface area contributed by atoms with Crippen LogP contribution in [0.2, 0.25) is 0 Å². The zero-order valence-corrected chi connectivity index (χ0v) is 9.20. The predicted octanol–water partition coefficient (Wildman–Crippen LogP) is 0.109. The summed E-state index contributed by atoms with van der Waals surface area (Å²) in [5, 5.41) is 20.6. The topological polar surface area (TPSA) is 103 Å². The third kappa shape index (κ3) is 2.97. The summed E-state index contributed by atoms with van der Waals surface area (Å²) in [4.78, 5) is 25.0. The molecule has 17 heavy (non-hydrogen) atoms. The summed E-state index contributed by atoms with van der Waals surface area (Å²) in [5.41, 5.74) is -2.26. The molecule has 0 fully saturated rings. The number of ether oxygens (including phenoxy) is 1. The molecule has 1 rings (SSSR count). The van der Waals surface area contributed by atoms with E-state index in [1.54, 1.807) is 6.92 Å². The lowest BCUT2D eigenvalue weighted by Gasteiger charge is -2.21. The Kier molecular flexibility index (Phi) is 4.11.